The van der Waals surface area contributed by atoms with Crippen LogP contribution in [-0.4, -0.2) is 198 Å². The maximum absolute atomic E-state index is 13.1. The van der Waals surface area contributed by atoms with E-state index in [-0.39, 0.29) is 52.1 Å². The van der Waals surface area contributed by atoms with Crippen LogP contribution in [0.25, 0.3) is 0 Å². The lowest BCUT2D eigenvalue weighted by Gasteiger charge is -2.39. The first kappa shape index (κ1) is 43.0. The number of nitrogens with two attached hydrogens (primary N) is 1. The minimum atomic E-state index is -1.67. The number of likely N-dealkylation sites (N-methyl/N-ethyl adjacent to an activating group) is 1. The highest BCUT2D eigenvalue weighted by Gasteiger charge is 2.44. The maximum atomic E-state index is 13.1. The summed E-state index contributed by atoms with van der Waals surface area (Å²) in [5.41, 5.74) is 5.22. The number of amides is 5. The Morgan fingerprint density at radius 1 is 0.800 bits per heavy atom. The first-order chi connectivity index (χ1) is 23.7. The largest absolute Gasteiger partial charge is 0.394 e. The van der Waals surface area contributed by atoms with E-state index in [1.807, 2.05) is 0 Å². The van der Waals surface area contributed by atoms with Crippen LogP contribution in [0.15, 0.2) is 0 Å². The minimum Gasteiger partial charge on any atom is -0.394 e. The van der Waals surface area contributed by atoms with Crippen molar-refractivity contribution < 1.29 is 78.7 Å². The molecule has 0 unspecified atom stereocenters. The van der Waals surface area contributed by atoms with Gasteiger partial charge in [0.25, 0.3) is 0 Å². The van der Waals surface area contributed by atoms with Gasteiger partial charge in [-0.2, -0.15) is 0 Å². The van der Waals surface area contributed by atoms with Crippen LogP contribution in [0.5, 0.6) is 0 Å². The highest BCUT2D eigenvalue weighted by Crippen LogP contribution is 2.22. The molecule has 0 aromatic heterocycles. The van der Waals surface area contributed by atoms with Crippen LogP contribution >= 0.6 is 0 Å². The Balaban J connectivity index is 1.94. The molecule has 5 amide bonds. The number of ether oxygens (including phenoxy) is 4. The van der Waals surface area contributed by atoms with Crippen LogP contribution in [0.2, 0.25) is 0 Å². The molecule has 2 saturated heterocycles. The van der Waals surface area contributed by atoms with Gasteiger partial charge in [0.1, 0.15) is 36.6 Å². The van der Waals surface area contributed by atoms with E-state index in [2.05, 4.69) is 21.3 Å². The second-order valence-electron chi connectivity index (χ2n) is 11.6. The molecule has 0 aromatic rings. The average molecular weight is 727 g/mol. The number of nitrogens with one attached hydrogen (secondary N) is 4. The summed E-state index contributed by atoms with van der Waals surface area (Å²) in [6.45, 7) is -3.08. The third-order valence-electron chi connectivity index (χ3n) is 7.65. The molecule has 13 N–H and O–H groups in total. The molecular weight excluding hydrogens is 676 g/mol. The standard InChI is InChI=1S/C28H50N6O16/c1-30-20(40)10-34(9-18(29)38)11-21(41)33-15(26(46)32-5-7-48-28-25(45)24(44)23(43)17(13-36)50-28)2-3-19(39)31-4-6-47-27-22(42)16(37)8-14(12-35)49-27/h14-17,22-25,27-28,35-37,42-45H,2-13H2,1H3,(H2,29,38)(H,30,40)(H,31,39)(H,32,46)(H,33,41)/t14-,15-,16-,17+,22+,23+,24-,25+,27+,28+/m0/s1. The van der Waals surface area contributed by atoms with Crippen molar-refractivity contribution in [2.45, 2.75) is 80.6 Å². The Morgan fingerprint density at radius 3 is 2.02 bits per heavy atom. The van der Waals surface area contributed by atoms with Gasteiger partial charge in [0, 0.05) is 33.0 Å². The number of primary amides is 1. The summed E-state index contributed by atoms with van der Waals surface area (Å²) in [6, 6.07) is -1.31. The Bertz CT molecular complexity index is 1100. The van der Waals surface area contributed by atoms with Gasteiger partial charge in [-0.15, -0.1) is 0 Å². The van der Waals surface area contributed by atoms with Gasteiger partial charge in [-0.05, 0) is 6.42 Å². The van der Waals surface area contributed by atoms with Crippen molar-refractivity contribution in [2.24, 2.45) is 5.73 Å². The molecule has 2 aliphatic heterocycles. The lowest BCUT2D eigenvalue weighted by molar-refractivity contribution is -0.300. The van der Waals surface area contributed by atoms with Gasteiger partial charge in [-0.25, -0.2) is 0 Å². The number of aliphatic hydroxyl groups excluding tert-OH is 7. The van der Waals surface area contributed by atoms with E-state index < -0.39 is 117 Å². The first-order valence-electron chi connectivity index (χ1n) is 15.9. The number of aliphatic hydroxyl groups is 7. The summed E-state index contributed by atoms with van der Waals surface area (Å²) in [5.74, 6) is -3.43. The summed E-state index contributed by atoms with van der Waals surface area (Å²) in [4.78, 5) is 63.0. The van der Waals surface area contributed by atoms with E-state index in [0.29, 0.717) is 0 Å². The Kier molecular flexibility index (Phi) is 18.9. The molecule has 2 rings (SSSR count). The van der Waals surface area contributed by atoms with E-state index in [9.17, 15) is 59.7 Å². The molecular formula is C28H50N6O16. The molecule has 0 radical (unpaired) electrons. The van der Waals surface area contributed by atoms with Gasteiger partial charge in [-0.1, -0.05) is 0 Å². The average Bonchev–Trinajstić information content (AvgIpc) is 3.07. The lowest BCUT2D eigenvalue weighted by Crippen LogP contribution is -2.59. The number of nitrogens with zero attached hydrogens (tertiary/aromatic N) is 1. The second kappa shape index (κ2) is 21.9. The van der Waals surface area contributed by atoms with E-state index in [1.165, 1.54) is 7.05 Å². The lowest BCUT2D eigenvalue weighted by atomic mass is 9.99. The van der Waals surface area contributed by atoms with Crippen molar-refractivity contribution >= 4 is 29.5 Å². The van der Waals surface area contributed by atoms with E-state index in [1.54, 1.807) is 0 Å². The van der Waals surface area contributed by atoms with Crippen LogP contribution in [0.1, 0.15) is 19.3 Å². The second-order valence-corrected chi connectivity index (χ2v) is 11.6. The highest BCUT2D eigenvalue weighted by molar-refractivity contribution is 5.89. The number of hydrogen-bond acceptors (Lipinski definition) is 17. The molecule has 10 atom stereocenters. The first-order valence-corrected chi connectivity index (χ1v) is 15.9. The highest BCUT2D eigenvalue weighted by atomic mass is 16.7. The fraction of sp³-hybridized carbons (Fsp3) is 0.821. The SMILES string of the molecule is CNC(=O)CN(CC(N)=O)CC(=O)N[C@@H](CCC(=O)NCCO[C@@H]1O[C@H](CO)C[C@H](O)[C@H]1O)C(=O)NCCO[C@@H]1O[C@H](CO)[C@@H](O)[C@H](O)[C@H]1O. The summed E-state index contributed by atoms with van der Waals surface area (Å²) < 4.78 is 21.3. The third kappa shape index (κ3) is 14.2. The summed E-state index contributed by atoms with van der Waals surface area (Å²) in [5, 5.41) is 78.3. The number of carbonyl (C=O) groups excluding carboxylic acids is 5. The van der Waals surface area contributed by atoms with Crippen molar-refractivity contribution in [1.82, 2.24) is 26.2 Å². The van der Waals surface area contributed by atoms with E-state index in [4.69, 9.17) is 24.7 Å². The Labute approximate surface area is 287 Å². The topological polar surface area (TPSA) is 341 Å². The molecule has 0 aliphatic carbocycles. The molecule has 22 heteroatoms. The predicted octanol–water partition coefficient (Wildman–Crippen LogP) is -8.32. The zero-order valence-corrected chi connectivity index (χ0v) is 27.6. The normalized spacial score (nSPS) is 28.8. The van der Waals surface area contributed by atoms with E-state index in [0.717, 1.165) is 4.90 Å². The van der Waals surface area contributed by atoms with Crippen LogP contribution < -0.4 is 27.0 Å². The monoisotopic (exact) mass is 726 g/mol. The van der Waals surface area contributed by atoms with Gasteiger partial charge in [0.05, 0.1) is 58.3 Å². The maximum Gasteiger partial charge on any atom is 0.242 e. The smallest absolute Gasteiger partial charge is 0.242 e. The summed E-state index contributed by atoms with van der Waals surface area (Å²) in [7, 11) is 1.35. The molecule has 2 aliphatic rings. The van der Waals surface area contributed by atoms with E-state index >= 15 is 0 Å². The number of carbonyl (C=O) groups is 5. The van der Waals surface area contributed by atoms with Crippen molar-refractivity contribution in [3.05, 3.63) is 0 Å². The third-order valence-corrected chi connectivity index (χ3v) is 7.65. The molecule has 288 valence electrons. The molecule has 2 fully saturated rings. The molecule has 0 spiro atoms. The quantitative estimate of drug-likeness (QED) is 0.0489. The summed E-state index contributed by atoms with van der Waals surface area (Å²) in [6.07, 6.45) is -12.6. The van der Waals surface area contributed by atoms with Gasteiger partial charge in [-0.3, -0.25) is 28.9 Å². The molecule has 0 saturated carbocycles. The van der Waals surface area contributed by atoms with Crippen LogP contribution in [0.3, 0.4) is 0 Å². The van der Waals surface area contributed by atoms with Gasteiger partial charge in [0.2, 0.25) is 29.5 Å². The van der Waals surface area contributed by atoms with Crippen LogP contribution in [0.4, 0.5) is 0 Å². The molecule has 22 nitrogen and oxygen atoms in total. The van der Waals surface area contributed by atoms with Crippen molar-refractivity contribution in [2.75, 3.05) is 66.2 Å². The fourth-order valence-corrected chi connectivity index (χ4v) is 4.96. The number of rotatable bonds is 21. The Hall–Kier alpha value is -3.13. The predicted molar refractivity (Wildman–Crippen MR) is 165 cm³/mol. The van der Waals surface area contributed by atoms with Gasteiger partial charge in [0.15, 0.2) is 12.6 Å². The van der Waals surface area contributed by atoms with Crippen molar-refractivity contribution in [3.8, 4) is 0 Å². The molecule has 0 bridgehead atoms. The van der Waals surface area contributed by atoms with Crippen molar-refractivity contribution in [1.29, 1.82) is 0 Å². The Morgan fingerprint density at radius 2 is 1.42 bits per heavy atom. The minimum absolute atomic E-state index is 0.0159. The summed E-state index contributed by atoms with van der Waals surface area (Å²) >= 11 is 0. The zero-order valence-electron chi connectivity index (χ0n) is 27.6. The van der Waals surface area contributed by atoms with Crippen molar-refractivity contribution in [3.63, 3.8) is 0 Å². The van der Waals surface area contributed by atoms with Crippen LogP contribution in [0, 0.1) is 0 Å². The van der Waals surface area contributed by atoms with Gasteiger partial charge < -0.3 is 81.7 Å². The zero-order chi connectivity index (χ0) is 37.4. The van der Waals surface area contributed by atoms with Crippen LogP contribution in [-0.2, 0) is 42.9 Å². The molecule has 50 heavy (non-hydrogen) atoms. The fourth-order valence-electron chi connectivity index (χ4n) is 4.96. The number of hydrogen-bond donors (Lipinski definition) is 12. The molecule has 2 heterocycles. The van der Waals surface area contributed by atoms with Gasteiger partial charge >= 0.3 is 0 Å². The molecule has 0 aromatic carbocycles.